The van der Waals surface area contributed by atoms with E-state index in [2.05, 4.69) is 18.7 Å². The molecule has 2 nitrogen and oxygen atoms in total. The number of likely N-dealkylation sites (tertiary alicyclic amines) is 1. The maximum absolute atomic E-state index is 5.97. The van der Waals surface area contributed by atoms with E-state index in [1.807, 2.05) is 0 Å². The average molecular weight is 210 g/mol. The van der Waals surface area contributed by atoms with Crippen molar-refractivity contribution in [3.63, 3.8) is 0 Å². The Hall–Kier alpha value is -0.0800. The minimum atomic E-state index is 0.308. The quantitative estimate of drug-likeness (QED) is 0.758. The van der Waals surface area contributed by atoms with Crippen molar-refractivity contribution < 1.29 is 0 Å². The zero-order valence-corrected chi connectivity index (χ0v) is 10.3. The van der Waals surface area contributed by atoms with E-state index in [0.717, 1.165) is 5.41 Å². The van der Waals surface area contributed by atoms with Gasteiger partial charge in [0.2, 0.25) is 0 Å². The molecule has 0 aromatic rings. The molecule has 1 spiro atoms. The molecule has 2 rings (SSSR count). The van der Waals surface area contributed by atoms with E-state index in [1.165, 1.54) is 51.6 Å². The third-order valence-corrected chi connectivity index (χ3v) is 4.86. The van der Waals surface area contributed by atoms with Gasteiger partial charge < -0.3 is 5.73 Å². The van der Waals surface area contributed by atoms with Crippen LogP contribution in [-0.2, 0) is 0 Å². The Morgan fingerprint density at radius 2 is 1.53 bits per heavy atom. The van der Waals surface area contributed by atoms with E-state index in [1.54, 1.807) is 0 Å². The fourth-order valence-corrected chi connectivity index (χ4v) is 3.36. The first-order valence-corrected chi connectivity index (χ1v) is 6.63. The number of nitrogens with zero attached hydrogens (tertiary/aromatic N) is 1. The molecule has 2 fully saturated rings. The molecule has 2 N–H and O–H groups in total. The lowest BCUT2D eigenvalue weighted by Gasteiger charge is -2.42. The normalized spacial score (nSPS) is 30.6. The first-order valence-electron chi connectivity index (χ1n) is 6.63. The van der Waals surface area contributed by atoms with E-state index in [9.17, 15) is 0 Å². The molecule has 1 heterocycles. The molecule has 0 bridgehead atoms. The van der Waals surface area contributed by atoms with Crippen LogP contribution in [0.25, 0.3) is 0 Å². The van der Waals surface area contributed by atoms with Crippen molar-refractivity contribution in [2.75, 3.05) is 13.1 Å². The minimum absolute atomic E-state index is 0.308. The molecule has 1 aliphatic heterocycles. The van der Waals surface area contributed by atoms with E-state index < -0.39 is 0 Å². The lowest BCUT2D eigenvalue weighted by molar-refractivity contribution is 0.0746. The molecule has 15 heavy (non-hydrogen) atoms. The largest absolute Gasteiger partial charge is 0.327 e. The predicted molar refractivity (Wildman–Crippen MR) is 64.8 cm³/mol. The van der Waals surface area contributed by atoms with Gasteiger partial charge in [-0.1, -0.05) is 12.8 Å². The van der Waals surface area contributed by atoms with Crippen LogP contribution in [0.2, 0.25) is 0 Å². The first kappa shape index (κ1) is 11.4. The fourth-order valence-electron chi connectivity index (χ4n) is 3.36. The molecule has 0 amide bonds. The van der Waals surface area contributed by atoms with Crippen molar-refractivity contribution in [2.24, 2.45) is 11.1 Å². The monoisotopic (exact) mass is 210 g/mol. The van der Waals surface area contributed by atoms with Gasteiger partial charge in [-0.05, 0) is 58.0 Å². The van der Waals surface area contributed by atoms with Gasteiger partial charge in [-0.15, -0.1) is 0 Å². The van der Waals surface area contributed by atoms with Gasteiger partial charge in [0.15, 0.2) is 0 Å². The topological polar surface area (TPSA) is 29.3 Å². The standard InChI is InChI=1S/C13H26N2/c1-11(14)12(2)15-9-7-13(8-10-15)5-3-4-6-13/h11-12H,3-10,14H2,1-2H3. The fraction of sp³-hybridized carbons (Fsp3) is 1.00. The highest BCUT2D eigenvalue weighted by atomic mass is 15.2. The SMILES string of the molecule is CC(N)C(C)N1CCC2(CCCC2)CC1. The lowest BCUT2D eigenvalue weighted by Crippen LogP contribution is -2.49. The summed E-state index contributed by atoms with van der Waals surface area (Å²) < 4.78 is 0. The Kier molecular flexibility index (Phi) is 3.36. The summed E-state index contributed by atoms with van der Waals surface area (Å²) in [6, 6.07) is 0.867. The molecule has 0 aromatic heterocycles. The molecule has 0 aromatic carbocycles. The van der Waals surface area contributed by atoms with Gasteiger partial charge in [-0.3, -0.25) is 4.90 Å². The van der Waals surface area contributed by atoms with Gasteiger partial charge >= 0.3 is 0 Å². The first-order chi connectivity index (χ1) is 7.13. The van der Waals surface area contributed by atoms with E-state index >= 15 is 0 Å². The number of rotatable bonds is 2. The van der Waals surface area contributed by atoms with E-state index in [0.29, 0.717) is 12.1 Å². The molecule has 0 radical (unpaired) electrons. The van der Waals surface area contributed by atoms with Gasteiger partial charge in [0.05, 0.1) is 0 Å². The van der Waals surface area contributed by atoms with Gasteiger partial charge in [-0.25, -0.2) is 0 Å². The Bertz CT molecular complexity index is 197. The highest BCUT2D eigenvalue weighted by Gasteiger charge is 2.37. The van der Waals surface area contributed by atoms with Crippen LogP contribution in [-0.4, -0.2) is 30.1 Å². The van der Waals surface area contributed by atoms with Crippen molar-refractivity contribution in [1.29, 1.82) is 0 Å². The zero-order valence-electron chi connectivity index (χ0n) is 10.3. The van der Waals surface area contributed by atoms with E-state index in [4.69, 9.17) is 5.73 Å². The average Bonchev–Trinajstić information content (AvgIpc) is 2.67. The zero-order chi connectivity index (χ0) is 10.9. The summed E-state index contributed by atoms with van der Waals surface area (Å²) in [6.07, 6.45) is 8.78. The van der Waals surface area contributed by atoms with Crippen LogP contribution >= 0.6 is 0 Å². The smallest absolute Gasteiger partial charge is 0.0216 e. The summed E-state index contributed by atoms with van der Waals surface area (Å²) in [6.45, 7) is 6.97. The number of nitrogens with two attached hydrogens (primary N) is 1. The van der Waals surface area contributed by atoms with Crippen LogP contribution in [0, 0.1) is 5.41 Å². The lowest BCUT2D eigenvalue weighted by atomic mass is 9.76. The summed E-state index contributed by atoms with van der Waals surface area (Å²) in [5.41, 5.74) is 6.71. The second-order valence-electron chi connectivity index (χ2n) is 5.84. The molecule has 2 aliphatic rings. The van der Waals surface area contributed by atoms with Gasteiger partial charge in [-0.2, -0.15) is 0 Å². The molecular formula is C13H26N2. The Labute approximate surface area is 94.2 Å². The Morgan fingerprint density at radius 3 is 2.00 bits per heavy atom. The van der Waals surface area contributed by atoms with Crippen LogP contribution in [0.3, 0.4) is 0 Å². The number of hydrogen-bond acceptors (Lipinski definition) is 2. The predicted octanol–water partition coefficient (Wildman–Crippen LogP) is 2.38. The second-order valence-corrected chi connectivity index (χ2v) is 5.84. The highest BCUT2D eigenvalue weighted by molar-refractivity contribution is 4.91. The van der Waals surface area contributed by atoms with E-state index in [-0.39, 0.29) is 0 Å². The Morgan fingerprint density at radius 1 is 1.00 bits per heavy atom. The molecule has 1 aliphatic carbocycles. The molecule has 2 heteroatoms. The van der Waals surface area contributed by atoms with Crippen molar-refractivity contribution in [3.05, 3.63) is 0 Å². The van der Waals surface area contributed by atoms with Crippen molar-refractivity contribution >= 4 is 0 Å². The van der Waals surface area contributed by atoms with Gasteiger partial charge in [0.1, 0.15) is 0 Å². The summed E-state index contributed by atoms with van der Waals surface area (Å²) in [5.74, 6) is 0. The third kappa shape index (κ3) is 2.36. The maximum Gasteiger partial charge on any atom is 0.0216 e. The molecule has 2 unspecified atom stereocenters. The minimum Gasteiger partial charge on any atom is -0.327 e. The molecule has 2 atom stereocenters. The highest BCUT2D eigenvalue weighted by Crippen LogP contribution is 2.46. The number of piperidine rings is 1. The number of hydrogen-bond donors (Lipinski definition) is 1. The summed E-state index contributed by atoms with van der Waals surface area (Å²) in [5, 5.41) is 0. The Balaban J connectivity index is 1.86. The maximum atomic E-state index is 5.97. The third-order valence-electron chi connectivity index (χ3n) is 4.86. The molecular weight excluding hydrogens is 184 g/mol. The van der Waals surface area contributed by atoms with Crippen LogP contribution < -0.4 is 5.73 Å². The molecule has 88 valence electrons. The summed E-state index contributed by atoms with van der Waals surface area (Å²) >= 11 is 0. The van der Waals surface area contributed by atoms with Crippen LogP contribution in [0.15, 0.2) is 0 Å². The summed E-state index contributed by atoms with van der Waals surface area (Å²) in [4.78, 5) is 2.59. The molecule has 1 saturated heterocycles. The second kappa shape index (κ2) is 4.42. The van der Waals surface area contributed by atoms with Gasteiger partial charge in [0.25, 0.3) is 0 Å². The molecule has 1 saturated carbocycles. The van der Waals surface area contributed by atoms with Crippen LogP contribution in [0.5, 0.6) is 0 Å². The van der Waals surface area contributed by atoms with Crippen LogP contribution in [0.1, 0.15) is 52.4 Å². The van der Waals surface area contributed by atoms with Crippen molar-refractivity contribution in [3.8, 4) is 0 Å². The van der Waals surface area contributed by atoms with Crippen molar-refractivity contribution in [1.82, 2.24) is 4.90 Å². The van der Waals surface area contributed by atoms with Crippen molar-refractivity contribution in [2.45, 2.75) is 64.5 Å². The van der Waals surface area contributed by atoms with Gasteiger partial charge in [0, 0.05) is 12.1 Å². The van der Waals surface area contributed by atoms with Crippen LogP contribution in [0.4, 0.5) is 0 Å². The summed E-state index contributed by atoms with van der Waals surface area (Å²) in [7, 11) is 0.